The van der Waals surface area contributed by atoms with E-state index < -0.39 is 11.6 Å². The second kappa shape index (κ2) is 4.76. The van der Waals surface area contributed by atoms with Crippen LogP contribution in [0.2, 0.25) is 0 Å². The van der Waals surface area contributed by atoms with E-state index >= 15 is 0 Å². The molecule has 96 valence electrons. The normalized spacial score (nSPS) is 11.2. The Morgan fingerprint density at radius 3 is 2.67 bits per heavy atom. The van der Waals surface area contributed by atoms with E-state index in [9.17, 15) is 8.78 Å². The average molecular weight is 251 g/mol. The van der Waals surface area contributed by atoms with Gasteiger partial charge < -0.3 is 5.73 Å². The summed E-state index contributed by atoms with van der Waals surface area (Å²) in [7, 11) is 0. The largest absolute Gasteiger partial charge is 0.396 e. The Morgan fingerprint density at radius 2 is 2.00 bits per heavy atom. The fraction of sp³-hybridized carbons (Fsp3) is 0.308. The minimum absolute atomic E-state index is 0.178. The van der Waals surface area contributed by atoms with E-state index in [1.807, 2.05) is 0 Å². The number of nitrogens with zero attached hydrogens (tertiary/aromatic N) is 2. The van der Waals surface area contributed by atoms with Gasteiger partial charge in [-0.15, -0.1) is 0 Å². The molecule has 1 aromatic carbocycles. The molecule has 5 heteroatoms. The van der Waals surface area contributed by atoms with Crippen LogP contribution in [-0.2, 0) is 6.54 Å². The van der Waals surface area contributed by atoms with E-state index in [4.69, 9.17) is 5.73 Å². The van der Waals surface area contributed by atoms with Crippen molar-refractivity contribution in [2.24, 2.45) is 5.92 Å². The Labute approximate surface area is 104 Å². The zero-order chi connectivity index (χ0) is 13.3. The van der Waals surface area contributed by atoms with Gasteiger partial charge in [0.25, 0.3) is 0 Å². The summed E-state index contributed by atoms with van der Waals surface area (Å²) in [6.07, 6.45) is 3.23. The Morgan fingerprint density at radius 1 is 1.28 bits per heavy atom. The Balaban J connectivity index is 2.37. The van der Waals surface area contributed by atoms with Gasteiger partial charge in [-0.25, -0.2) is 8.78 Å². The van der Waals surface area contributed by atoms with Crippen molar-refractivity contribution in [2.75, 3.05) is 5.73 Å². The third-order valence-electron chi connectivity index (χ3n) is 2.61. The molecule has 0 unspecified atom stereocenters. The second-order valence-corrected chi connectivity index (χ2v) is 4.68. The minimum Gasteiger partial charge on any atom is -0.396 e. The first-order chi connectivity index (χ1) is 8.49. The van der Waals surface area contributed by atoms with Gasteiger partial charge in [0.1, 0.15) is 0 Å². The third kappa shape index (κ3) is 2.34. The summed E-state index contributed by atoms with van der Waals surface area (Å²) in [6.45, 7) is 4.86. The maximum Gasteiger partial charge on any atom is 0.182 e. The number of anilines is 1. The molecule has 0 saturated heterocycles. The number of hydrogen-bond donors (Lipinski definition) is 1. The monoisotopic (exact) mass is 251 g/mol. The molecule has 1 heterocycles. The van der Waals surface area contributed by atoms with Crippen LogP contribution in [-0.4, -0.2) is 9.78 Å². The second-order valence-electron chi connectivity index (χ2n) is 4.68. The number of rotatable bonds is 3. The topological polar surface area (TPSA) is 43.8 Å². The molecule has 0 aliphatic carbocycles. The summed E-state index contributed by atoms with van der Waals surface area (Å²) in [5.74, 6) is -1.51. The lowest BCUT2D eigenvalue weighted by atomic mass is 10.1. The van der Waals surface area contributed by atoms with Gasteiger partial charge in [0.05, 0.1) is 11.9 Å². The van der Waals surface area contributed by atoms with Gasteiger partial charge in [0, 0.05) is 23.9 Å². The number of aromatic nitrogens is 2. The van der Waals surface area contributed by atoms with Gasteiger partial charge in [-0.05, 0) is 18.1 Å². The highest BCUT2D eigenvalue weighted by Gasteiger charge is 2.14. The lowest BCUT2D eigenvalue weighted by Gasteiger charge is -2.05. The van der Waals surface area contributed by atoms with Crippen molar-refractivity contribution in [3.63, 3.8) is 0 Å². The molecular formula is C13H15F2N3. The molecule has 3 nitrogen and oxygen atoms in total. The smallest absolute Gasteiger partial charge is 0.182 e. The fourth-order valence-electron chi connectivity index (χ4n) is 1.76. The van der Waals surface area contributed by atoms with E-state index in [0.717, 1.165) is 6.54 Å². The van der Waals surface area contributed by atoms with E-state index in [0.29, 0.717) is 11.5 Å². The molecule has 1 aromatic heterocycles. The molecule has 0 bridgehead atoms. The maximum atomic E-state index is 13.7. The number of hydrogen-bond acceptors (Lipinski definition) is 2. The fourth-order valence-corrected chi connectivity index (χ4v) is 1.76. The summed E-state index contributed by atoms with van der Waals surface area (Å²) in [6, 6.07) is 2.82. The molecule has 0 amide bonds. The average Bonchev–Trinajstić information content (AvgIpc) is 2.73. The van der Waals surface area contributed by atoms with Crippen LogP contribution in [0.5, 0.6) is 0 Å². The van der Waals surface area contributed by atoms with Gasteiger partial charge in [0.15, 0.2) is 11.6 Å². The van der Waals surface area contributed by atoms with Gasteiger partial charge in [-0.2, -0.15) is 5.10 Å². The zero-order valence-corrected chi connectivity index (χ0v) is 10.3. The summed E-state index contributed by atoms with van der Waals surface area (Å²) < 4.78 is 28.8. The highest BCUT2D eigenvalue weighted by molar-refractivity contribution is 5.65. The molecule has 0 atom stereocenters. The first-order valence-corrected chi connectivity index (χ1v) is 5.75. The molecule has 0 aliphatic heterocycles. The standard InChI is InChI=1S/C13H15F2N3/c1-8(2)6-18-7-9(5-17-18)10-3-4-11(16)13(15)12(10)14/h3-5,7-8H,6,16H2,1-2H3. The van der Waals surface area contributed by atoms with E-state index in [1.165, 1.54) is 18.3 Å². The predicted octanol–water partition coefficient (Wildman–Crippen LogP) is 3.07. The summed E-state index contributed by atoms with van der Waals surface area (Å²) in [4.78, 5) is 0. The van der Waals surface area contributed by atoms with Crippen LogP contribution >= 0.6 is 0 Å². The van der Waals surface area contributed by atoms with Gasteiger partial charge in [0.2, 0.25) is 0 Å². The van der Waals surface area contributed by atoms with E-state index in [-0.39, 0.29) is 11.3 Å². The van der Waals surface area contributed by atoms with Gasteiger partial charge in [-0.3, -0.25) is 4.68 Å². The van der Waals surface area contributed by atoms with Crippen LogP contribution in [0.4, 0.5) is 14.5 Å². The molecule has 0 aliphatic rings. The molecule has 0 saturated carbocycles. The first-order valence-electron chi connectivity index (χ1n) is 5.75. The summed E-state index contributed by atoms with van der Waals surface area (Å²) in [5, 5.41) is 4.12. The van der Waals surface area contributed by atoms with Crippen molar-refractivity contribution in [3.05, 3.63) is 36.2 Å². The van der Waals surface area contributed by atoms with Crippen molar-refractivity contribution in [1.29, 1.82) is 0 Å². The SMILES string of the molecule is CC(C)Cn1cc(-c2ccc(N)c(F)c2F)cn1. The number of halogens is 2. The van der Waals surface area contributed by atoms with Crippen molar-refractivity contribution in [1.82, 2.24) is 9.78 Å². The Hall–Kier alpha value is -1.91. The number of benzene rings is 1. The lowest BCUT2D eigenvalue weighted by Crippen LogP contribution is -2.04. The molecule has 0 spiro atoms. The van der Waals surface area contributed by atoms with Crippen LogP contribution in [0.15, 0.2) is 24.5 Å². The van der Waals surface area contributed by atoms with Crippen molar-refractivity contribution in [2.45, 2.75) is 20.4 Å². The third-order valence-corrected chi connectivity index (χ3v) is 2.61. The minimum atomic E-state index is -1.01. The summed E-state index contributed by atoms with van der Waals surface area (Å²) >= 11 is 0. The van der Waals surface area contributed by atoms with Gasteiger partial charge in [-0.1, -0.05) is 13.8 Å². The van der Waals surface area contributed by atoms with Crippen molar-refractivity contribution in [3.8, 4) is 11.1 Å². The number of nitrogens with two attached hydrogens (primary N) is 1. The molecule has 2 N–H and O–H groups in total. The van der Waals surface area contributed by atoms with Gasteiger partial charge >= 0.3 is 0 Å². The van der Waals surface area contributed by atoms with Crippen LogP contribution in [0.25, 0.3) is 11.1 Å². The Bertz CT molecular complexity index is 561. The molecule has 0 radical (unpaired) electrons. The molecule has 0 fully saturated rings. The first kappa shape index (κ1) is 12.5. The Kier molecular flexibility index (Phi) is 3.32. The van der Waals surface area contributed by atoms with Crippen molar-refractivity contribution >= 4 is 5.69 Å². The van der Waals surface area contributed by atoms with E-state index in [2.05, 4.69) is 18.9 Å². The molecule has 2 aromatic rings. The highest BCUT2D eigenvalue weighted by Crippen LogP contribution is 2.27. The molecule has 18 heavy (non-hydrogen) atoms. The lowest BCUT2D eigenvalue weighted by molar-refractivity contribution is 0.483. The predicted molar refractivity (Wildman–Crippen MR) is 66.8 cm³/mol. The molecular weight excluding hydrogens is 236 g/mol. The zero-order valence-electron chi connectivity index (χ0n) is 10.3. The molecule has 2 rings (SSSR count). The maximum absolute atomic E-state index is 13.7. The van der Waals surface area contributed by atoms with Crippen molar-refractivity contribution < 1.29 is 8.78 Å². The number of nitrogen functional groups attached to an aromatic ring is 1. The summed E-state index contributed by atoms with van der Waals surface area (Å²) in [5.41, 5.74) is 5.84. The van der Waals surface area contributed by atoms with E-state index in [1.54, 1.807) is 10.9 Å². The quantitative estimate of drug-likeness (QED) is 0.852. The van der Waals surface area contributed by atoms with Crippen LogP contribution in [0, 0.1) is 17.6 Å². The van der Waals surface area contributed by atoms with Crippen LogP contribution in [0.3, 0.4) is 0 Å². The van der Waals surface area contributed by atoms with Crippen LogP contribution < -0.4 is 5.73 Å². The van der Waals surface area contributed by atoms with Crippen LogP contribution in [0.1, 0.15) is 13.8 Å². The highest BCUT2D eigenvalue weighted by atomic mass is 19.2.